The number of carbonyl (C=O) groups excluding carboxylic acids is 4. The van der Waals surface area contributed by atoms with E-state index in [1.807, 2.05) is 43.9 Å². The highest BCUT2D eigenvalue weighted by Gasteiger charge is 2.40. The smallest absolute Gasteiger partial charge is 0.324 e. The number of nitrogens with zero attached hydrogens (tertiary/aromatic N) is 5. The number of methoxy groups -OCH3 is 1. The molecule has 15 heteroatoms. The highest BCUT2D eigenvalue weighted by Crippen LogP contribution is 2.42. The molecule has 2 aromatic heterocycles. The first-order valence-electron chi connectivity index (χ1n) is 23.1. The SMILES string of the molecule is CCn1c(-c2cccnc2[C@H](C)OC)c2c3cc(ccc31)-c1cc(O)cc(c1)C[C@H](NC(=O)C(C(C)C)N(C)C(=O)[C@H]1CCN(CCO)C1)C(=O)N1CCC[C@H](N1)C(=O)OCC(C)(C)C2. The second-order valence-corrected chi connectivity index (χ2v) is 19.2. The second kappa shape index (κ2) is 20.0. The molecule has 0 radical (unpaired) electrons. The summed E-state index contributed by atoms with van der Waals surface area (Å²) in [4.78, 5) is 65.3. The van der Waals surface area contributed by atoms with Crippen molar-refractivity contribution < 1.29 is 38.9 Å². The number of carbonyl (C=O) groups is 4. The first-order chi connectivity index (χ1) is 31.0. The number of β-amino-alcohol motifs (C(OH)–C–C–N with tert-alkyl or cyclic N) is 1. The standard InChI is InChI=1S/C50H67N7O8/c1-9-56-42-15-14-33-26-38(42)39(45(56)37-12-10-17-51-43(37)31(4)64-8)27-50(5,6)29-65-49(63)40-13-11-18-57(53-40)48(62)41(24-32-22-35(33)25-36(59)23-32)52-46(60)44(30(2)3)54(7)47(61)34-16-19-55(28-34)20-21-58/h10,12,14-15,17,22-23,25-26,30-31,34,40-41,44,53,58-59H,9,11,13,16,18-21,24,27-29H2,1-8H3,(H,52,60)/t31-,34-,40-,41-,44?/m0/s1. The molecule has 7 rings (SSSR count). The molecule has 3 aliphatic heterocycles. The van der Waals surface area contributed by atoms with Crippen molar-refractivity contribution in [1.82, 2.24) is 35.1 Å². The number of hydrazine groups is 1. The van der Waals surface area contributed by atoms with Crippen molar-refractivity contribution in [3.63, 3.8) is 0 Å². The molecule has 6 bridgehead atoms. The van der Waals surface area contributed by atoms with E-state index in [0.29, 0.717) is 64.0 Å². The number of likely N-dealkylation sites (tertiary alicyclic amines) is 1. The van der Waals surface area contributed by atoms with Gasteiger partial charge < -0.3 is 39.4 Å². The van der Waals surface area contributed by atoms with Crippen molar-refractivity contribution in [2.75, 3.05) is 53.6 Å². The molecule has 5 atom stereocenters. The topological polar surface area (TPSA) is 179 Å². The van der Waals surface area contributed by atoms with Gasteiger partial charge in [0, 0.05) is 74.8 Å². The van der Waals surface area contributed by atoms with Crippen molar-refractivity contribution in [1.29, 1.82) is 0 Å². The summed E-state index contributed by atoms with van der Waals surface area (Å²) in [5.41, 5.74) is 9.64. The number of esters is 1. The molecule has 5 heterocycles. The summed E-state index contributed by atoms with van der Waals surface area (Å²) in [7, 11) is 3.31. The number of hydrogen-bond donors (Lipinski definition) is 4. The quantitative estimate of drug-likeness (QED) is 0.145. The monoisotopic (exact) mass is 894 g/mol. The molecular formula is C50H67N7O8. The number of likely N-dealkylation sites (N-methyl/N-ethyl adjacent to an activating group) is 1. The van der Waals surface area contributed by atoms with Crippen LogP contribution in [0.4, 0.5) is 0 Å². The predicted molar refractivity (Wildman–Crippen MR) is 248 cm³/mol. The van der Waals surface area contributed by atoms with Gasteiger partial charge in [-0.25, -0.2) is 5.43 Å². The Morgan fingerprint density at radius 2 is 1.86 bits per heavy atom. The number of phenolic OH excluding ortho intramolecular Hbond substituents is 1. The van der Waals surface area contributed by atoms with Crippen molar-refractivity contribution in [2.24, 2.45) is 17.3 Å². The first-order valence-corrected chi connectivity index (χ1v) is 23.1. The molecule has 350 valence electrons. The Morgan fingerprint density at radius 1 is 1.08 bits per heavy atom. The van der Waals surface area contributed by atoms with E-state index in [-0.39, 0.29) is 49.2 Å². The number of rotatable bonds is 11. The van der Waals surface area contributed by atoms with Crippen LogP contribution < -0.4 is 10.7 Å². The van der Waals surface area contributed by atoms with Gasteiger partial charge in [0.2, 0.25) is 11.8 Å². The predicted octanol–water partition coefficient (Wildman–Crippen LogP) is 5.25. The Bertz CT molecular complexity index is 2400. The average molecular weight is 894 g/mol. The second-order valence-electron chi connectivity index (χ2n) is 19.2. The van der Waals surface area contributed by atoms with Gasteiger partial charge in [-0.1, -0.05) is 39.8 Å². The van der Waals surface area contributed by atoms with Crippen LogP contribution in [0.5, 0.6) is 5.75 Å². The number of aryl methyl sites for hydroxylation is 1. The third-order valence-electron chi connectivity index (χ3n) is 13.4. The fourth-order valence-electron chi connectivity index (χ4n) is 10.1. The molecule has 4 N–H and O–H groups in total. The number of pyridine rings is 1. The summed E-state index contributed by atoms with van der Waals surface area (Å²) >= 11 is 0. The fourth-order valence-corrected chi connectivity index (χ4v) is 10.1. The normalized spacial score (nSPS) is 21.5. The van der Waals surface area contributed by atoms with Crippen molar-refractivity contribution in [3.8, 4) is 28.1 Å². The average Bonchev–Trinajstić information content (AvgIpc) is 3.88. The molecule has 3 amide bonds. The summed E-state index contributed by atoms with van der Waals surface area (Å²) in [5, 5.41) is 26.2. The van der Waals surface area contributed by atoms with E-state index in [1.54, 1.807) is 32.5 Å². The summed E-state index contributed by atoms with van der Waals surface area (Å²) < 4.78 is 14.2. The van der Waals surface area contributed by atoms with Crippen LogP contribution in [-0.2, 0) is 48.0 Å². The number of benzene rings is 2. The van der Waals surface area contributed by atoms with Crippen molar-refractivity contribution in [2.45, 2.75) is 104 Å². The summed E-state index contributed by atoms with van der Waals surface area (Å²) in [5.74, 6) is -2.19. The van der Waals surface area contributed by atoms with E-state index in [9.17, 15) is 29.4 Å². The highest BCUT2D eigenvalue weighted by atomic mass is 16.5. The third-order valence-corrected chi connectivity index (χ3v) is 13.4. The van der Waals surface area contributed by atoms with Crippen LogP contribution in [-0.4, -0.2) is 130 Å². The lowest BCUT2D eigenvalue weighted by Gasteiger charge is -2.37. The van der Waals surface area contributed by atoms with E-state index < -0.39 is 41.3 Å². The number of ether oxygens (including phenoxy) is 2. The molecule has 1 unspecified atom stereocenters. The molecule has 2 saturated heterocycles. The van der Waals surface area contributed by atoms with Crippen LogP contribution in [0.1, 0.15) is 83.7 Å². The Hall–Kier alpha value is -5.35. The lowest BCUT2D eigenvalue weighted by molar-refractivity contribution is -0.155. The van der Waals surface area contributed by atoms with E-state index in [0.717, 1.165) is 44.5 Å². The van der Waals surface area contributed by atoms with Gasteiger partial charge in [0.05, 0.1) is 36.6 Å². The Morgan fingerprint density at radius 3 is 2.58 bits per heavy atom. The lowest BCUT2D eigenvalue weighted by Crippen LogP contribution is -2.62. The minimum absolute atomic E-state index is 0.00218. The van der Waals surface area contributed by atoms with E-state index in [2.05, 4.69) is 54.3 Å². The van der Waals surface area contributed by atoms with Gasteiger partial charge in [-0.05, 0) is 111 Å². The Kier molecular flexibility index (Phi) is 14.7. The first kappa shape index (κ1) is 47.6. The van der Waals surface area contributed by atoms with Crippen LogP contribution in [0.3, 0.4) is 0 Å². The molecule has 4 aromatic rings. The zero-order chi connectivity index (χ0) is 46.7. The molecule has 0 aliphatic carbocycles. The maximum absolute atomic E-state index is 14.7. The maximum atomic E-state index is 14.7. The number of aromatic nitrogens is 2. The third kappa shape index (κ3) is 10.2. The Labute approximate surface area is 382 Å². The molecular weight excluding hydrogens is 827 g/mol. The molecule has 0 spiro atoms. The fraction of sp³-hybridized carbons (Fsp3) is 0.540. The molecule has 3 aliphatic rings. The van der Waals surface area contributed by atoms with E-state index >= 15 is 0 Å². The van der Waals surface area contributed by atoms with Gasteiger partial charge in [0.15, 0.2) is 0 Å². The maximum Gasteiger partial charge on any atom is 0.324 e. The van der Waals surface area contributed by atoms with Crippen molar-refractivity contribution in [3.05, 3.63) is 71.5 Å². The molecule has 0 saturated carbocycles. The van der Waals surface area contributed by atoms with Crippen LogP contribution >= 0.6 is 0 Å². The van der Waals surface area contributed by atoms with Gasteiger partial charge in [-0.15, -0.1) is 0 Å². The summed E-state index contributed by atoms with van der Waals surface area (Å²) in [6, 6.07) is 12.7. The molecule has 2 aromatic carbocycles. The van der Waals surface area contributed by atoms with Gasteiger partial charge in [-0.3, -0.25) is 29.2 Å². The number of fused-ring (bicyclic) bond motifs is 6. The number of nitrogens with one attached hydrogen (secondary N) is 2. The number of aliphatic hydroxyl groups is 1. The van der Waals surface area contributed by atoms with Crippen LogP contribution in [0, 0.1) is 17.3 Å². The highest BCUT2D eigenvalue weighted by molar-refractivity contribution is 5.96. The van der Waals surface area contributed by atoms with Gasteiger partial charge in [0.1, 0.15) is 23.9 Å². The van der Waals surface area contributed by atoms with Gasteiger partial charge in [0.25, 0.3) is 5.91 Å². The number of aromatic hydroxyl groups is 1. The van der Waals surface area contributed by atoms with Crippen LogP contribution in [0.25, 0.3) is 33.3 Å². The lowest BCUT2D eigenvalue weighted by atomic mass is 9.84. The zero-order valence-electron chi connectivity index (χ0n) is 39.2. The van der Waals surface area contributed by atoms with Crippen LogP contribution in [0.2, 0.25) is 0 Å². The molecule has 2 fully saturated rings. The number of phenols is 1. The van der Waals surface area contributed by atoms with Gasteiger partial charge >= 0.3 is 5.97 Å². The zero-order valence-corrected chi connectivity index (χ0v) is 39.2. The van der Waals surface area contributed by atoms with Crippen LogP contribution in [0.15, 0.2) is 54.7 Å². The number of hydrogen-bond acceptors (Lipinski definition) is 11. The number of cyclic esters (lactones) is 1. The van der Waals surface area contributed by atoms with Crippen molar-refractivity contribution >= 4 is 34.6 Å². The largest absolute Gasteiger partial charge is 0.508 e. The minimum Gasteiger partial charge on any atom is -0.508 e. The minimum atomic E-state index is -1.13. The number of aliphatic hydroxyl groups excluding tert-OH is 1. The molecule has 15 nitrogen and oxygen atoms in total. The van der Waals surface area contributed by atoms with E-state index in [1.165, 1.54) is 9.91 Å². The summed E-state index contributed by atoms with van der Waals surface area (Å²) in [6.45, 7) is 14.7. The van der Waals surface area contributed by atoms with Gasteiger partial charge in [-0.2, -0.15) is 0 Å². The Balaban J connectivity index is 1.31. The molecule has 65 heavy (non-hydrogen) atoms. The summed E-state index contributed by atoms with van der Waals surface area (Å²) in [6.07, 6.45) is 3.66. The van der Waals surface area contributed by atoms with E-state index in [4.69, 9.17) is 14.5 Å². The number of amides is 3.